The van der Waals surface area contributed by atoms with Gasteiger partial charge in [0.15, 0.2) is 9.84 Å². The van der Waals surface area contributed by atoms with E-state index in [9.17, 15) is 18.6 Å². The minimum Gasteiger partial charge on any atom is -0.507 e. The first-order valence-corrected chi connectivity index (χ1v) is 7.76. The number of sulfone groups is 1. The Hall–Kier alpha value is -2.53. The van der Waals surface area contributed by atoms with Gasteiger partial charge in [0.2, 0.25) is 0 Å². The smallest absolute Gasteiger partial charge is 0.200 e. The summed E-state index contributed by atoms with van der Waals surface area (Å²) in [7, 11) is -3.90. The Labute approximate surface area is 123 Å². The highest BCUT2D eigenvalue weighted by Gasteiger charge is 2.10. The number of benzene rings is 2. The molecule has 0 heterocycles. The summed E-state index contributed by atoms with van der Waals surface area (Å²) in [6.07, 6.45) is 0. The van der Waals surface area contributed by atoms with Gasteiger partial charge in [-0.05, 0) is 0 Å². The van der Waals surface area contributed by atoms with Gasteiger partial charge in [0.25, 0.3) is 0 Å². The maximum absolute atomic E-state index is 11.9. The molecule has 0 spiro atoms. The summed E-state index contributed by atoms with van der Waals surface area (Å²) in [5, 5.41) is 21.0. The van der Waals surface area contributed by atoms with E-state index in [1.165, 1.54) is 0 Å². The molecule has 0 amide bonds. The van der Waals surface area contributed by atoms with Crippen molar-refractivity contribution in [1.29, 1.82) is 0 Å². The molecule has 2 aromatic carbocycles. The quantitative estimate of drug-likeness (QED) is 0.847. The van der Waals surface area contributed by atoms with Crippen molar-refractivity contribution in [3.63, 3.8) is 0 Å². The van der Waals surface area contributed by atoms with Crippen LogP contribution >= 0.6 is 0 Å². The van der Waals surface area contributed by atoms with Crippen LogP contribution < -0.4 is 0 Å². The molecule has 108 valence electrons. The fourth-order valence-corrected chi connectivity index (χ4v) is 2.66. The zero-order valence-corrected chi connectivity index (χ0v) is 11.9. The molecular weight excluding hydrogens is 288 g/mol. The summed E-state index contributed by atoms with van der Waals surface area (Å²) < 4.78 is 23.9. The second-order valence-electron chi connectivity index (χ2n) is 4.33. The fourth-order valence-electron chi connectivity index (χ4n) is 1.70. The molecule has 0 aromatic heterocycles. The average molecular weight is 302 g/mol. The fraction of sp³-hybridized carbons (Fsp3) is 0. The zero-order chi connectivity index (χ0) is 15.3. The van der Waals surface area contributed by atoms with Gasteiger partial charge in [-0.1, -0.05) is 60.7 Å². The van der Waals surface area contributed by atoms with Crippen molar-refractivity contribution in [3.05, 3.63) is 82.6 Å². The van der Waals surface area contributed by atoms with Gasteiger partial charge in [-0.15, -0.1) is 0 Å². The van der Waals surface area contributed by atoms with Gasteiger partial charge in [-0.2, -0.15) is 0 Å². The molecular formula is C16H14O4S. The summed E-state index contributed by atoms with van der Waals surface area (Å²) in [5.41, 5.74) is 0.766. The predicted octanol–water partition coefficient (Wildman–Crippen LogP) is 3.51. The molecule has 0 aliphatic rings. The summed E-state index contributed by atoms with van der Waals surface area (Å²) >= 11 is 0. The topological polar surface area (TPSA) is 74.6 Å². The Kier molecular flexibility index (Phi) is 4.45. The van der Waals surface area contributed by atoms with Crippen molar-refractivity contribution in [2.75, 3.05) is 0 Å². The Morgan fingerprint density at radius 1 is 0.714 bits per heavy atom. The van der Waals surface area contributed by atoms with Crippen molar-refractivity contribution in [2.45, 2.75) is 0 Å². The number of hydrogen-bond acceptors (Lipinski definition) is 4. The zero-order valence-electron chi connectivity index (χ0n) is 11.0. The molecule has 0 radical (unpaired) electrons. The molecule has 2 aromatic rings. The van der Waals surface area contributed by atoms with Crippen LogP contribution in [0, 0.1) is 0 Å². The van der Waals surface area contributed by atoms with E-state index in [-0.39, 0.29) is 11.5 Å². The SMILES string of the molecule is O=S(=O)(C=C(O)c1ccccc1)/C=C(\O)c1ccccc1. The molecule has 0 atom stereocenters. The van der Waals surface area contributed by atoms with E-state index in [1.54, 1.807) is 60.7 Å². The third kappa shape index (κ3) is 4.22. The van der Waals surface area contributed by atoms with Crippen molar-refractivity contribution in [3.8, 4) is 0 Å². The maximum Gasteiger partial charge on any atom is 0.200 e. The van der Waals surface area contributed by atoms with Crippen molar-refractivity contribution >= 4 is 21.4 Å². The molecule has 2 rings (SSSR count). The van der Waals surface area contributed by atoms with E-state index in [0.29, 0.717) is 21.9 Å². The molecule has 0 aliphatic carbocycles. The van der Waals surface area contributed by atoms with Gasteiger partial charge in [-0.3, -0.25) is 0 Å². The van der Waals surface area contributed by atoms with Gasteiger partial charge >= 0.3 is 0 Å². The second-order valence-corrected chi connectivity index (χ2v) is 5.98. The van der Waals surface area contributed by atoms with Crippen LogP contribution in [-0.4, -0.2) is 18.6 Å². The summed E-state index contributed by atoms with van der Waals surface area (Å²) in [6.45, 7) is 0. The Morgan fingerprint density at radius 2 is 1.05 bits per heavy atom. The first kappa shape index (κ1) is 14.9. The number of aliphatic hydroxyl groups is 2. The molecule has 0 bridgehead atoms. The van der Waals surface area contributed by atoms with Gasteiger partial charge < -0.3 is 10.2 Å². The Balaban J connectivity index is 2.31. The minimum absolute atomic E-state index is 0.382. The Bertz CT molecular complexity index is 699. The van der Waals surface area contributed by atoms with Crippen LogP contribution in [0.1, 0.15) is 11.1 Å². The molecule has 0 unspecified atom stereocenters. The van der Waals surface area contributed by atoms with E-state index in [2.05, 4.69) is 0 Å². The number of hydrogen-bond donors (Lipinski definition) is 2. The molecule has 5 heteroatoms. The highest BCUT2D eigenvalue weighted by molar-refractivity contribution is 7.97. The van der Waals surface area contributed by atoms with Crippen molar-refractivity contribution in [2.24, 2.45) is 0 Å². The Morgan fingerprint density at radius 3 is 1.38 bits per heavy atom. The molecule has 0 aliphatic heterocycles. The molecule has 0 saturated heterocycles. The van der Waals surface area contributed by atoms with E-state index in [0.717, 1.165) is 0 Å². The standard InChI is InChI=1S/C16H14O4S/c17-15(13-7-3-1-4-8-13)11-21(19,20)12-16(18)14-9-5-2-6-10-14/h1-12,17-18H/b15-11-,16-12?. The maximum atomic E-state index is 11.9. The van der Waals surface area contributed by atoms with Crippen LogP contribution in [0.15, 0.2) is 71.5 Å². The lowest BCUT2D eigenvalue weighted by molar-refractivity contribution is 0.511. The van der Waals surface area contributed by atoms with Crippen LogP contribution in [0.3, 0.4) is 0 Å². The minimum atomic E-state index is -3.90. The van der Waals surface area contributed by atoms with Gasteiger partial charge in [0, 0.05) is 11.1 Å². The molecule has 0 fully saturated rings. The first-order valence-electron chi connectivity index (χ1n) is 6.15. The molecule has 21 heavy (non-hydrogen) atoms. The normalized spacial score (nSPS) is 13.1. The number of rotatable bonds is 4. The van der Waals surface area contributed by atoms with Crippen LogP contribution in [-0.2, 0) is 9.84 Å². The second kappa shape index (κ2) is 6.28. The monoisotopic (exact) mass is 302 g/mol. The summed E-state index contributed by atoms with van der Waals surface area (Å²) in [6, 6.07) is 16.6. The van der Waals surface area contributed by atoms with Crippen LogP contribution in [0.5, 0.6) is 0 Å². The van der Waals surface area contributed by atoms with E-state index < -0.39 is 9.84 Å². The first-order chi connectivity index (χ1) is 9.98. The van der Waals surface area contributed by atoms with Crippen molar-refractivity contribution < 1.29 is 18.6 Å². The summed E-state index contributed by atoms with van der Waals surface area (Å²) in [5.74, 6) is -0.763. The van der Waals surface area contributed by atoms with Gasteiger partial charge in [0.1, 0.15) is 11.5 Å². The molecule has 0 saturated carbocycles. The third-order valence-electron chi connectivity index (χ3n) is 2.69. The van der Waals surface area contributed by atoms with E-state index >= 15 is 0 Å². The highest BCUT2D eigenvalue weighted by atomic mass is 32.2. The lowest BCUT2D eigenvalue weighted by atomic mass is 10.2. The van der Waals surface area contributed by atoms with E-state index in [1.807, 2.05) is 0 Å². The predicted molar refractivity (Wildman–Crippen MR) is 83.0 cm³/mol. The average Bonchev–Trinajstić information content (AvgIpc) is 2.48. The van der Waals surface area contributed by atoms with Gasteiger partial charge in [0.05, 0.1) is 10.8 Å². The molecule has 2 N–H and O–H groups in total. The van der Waals surface area contributed by atoms with Crippen LogP contribution in [0.25, 0.3) is 11.5 Å². The van der Waals surface area contributed by atoms with E-state index in [4.69, 9.17) is 0 Å². The lowest BCUT2D eigenvalue weighted by Crippen LogP contribution is -1.95. The third-order valence-corrected chi connectivity index (χ3v) is 3.79. The highest BCUT2D eigenvalue weighted by Crippen LogP contribution is 2.16. The van der Waals surface area contributed by atoms with Crippen LogP contribution in [0.4, 0.5) is 0 Å². The summed E-state index contributed by atoms with van der Waals surface area (Å²) in [4.78, 5) is 0. The van der Waals surface area contributed by atoms with Crippen LogP contribution in [0.2, 0.25) is 0 Å². The van der Waals surface area contributed by atoms with Gasteiger partial charge in [-0.25, -0.2) is 8.42 Å². The lowest BCUT2D eigenvalue weighted by Gasteiger charge is -2.01. The largest absolute Gasteiger partial charge is 0.507 e. The number of aliphatic hydroxyl groups excluding tert-OH is 2. The molecule has 4 nitrogen and oxygen atoms in total. The van der Waals surface area contributed by atoms with Crippen molar-refractivity contribution in [1.82, 2.24) is 0 Å².